The largest absolute Gasteiger partial charge is 0.352 e. The van der Waals surface area contributed by atoms with E-state index in [0.717, 1.165) is 32.7 Å². The molecule has 0 atom stereocenters. The number of amides is 2. The maximum atomic E-state index is 12.4. The Balaban J connectivity index is 1.29. The minimum atomic E-state index is -0.0640. The van der Waals surface area contributed by atoms with Crippen molar-refractivity contribution in [2.24, 2.45) is 0 Å². The molecule has 6 heteroatoms. The van der Waals surface area contributed by atoms with Crippen molar-refractivity contribution >= 4 is 29.2 Å². The molecule has 0 radical (unpaired) electrons. The Kier molecular flexibility index (Phi) is 7.82. The molecule has 5 nitrogen and oxygen atoms in total. The fourth-order valence-electron chi connectivity index (χ4n) is 3.18. The molecule has 0 bridgehead atoms. The van der Waals surface area contributed by atoms with E-state index < -0.39 is 0 Å². The van der Waals surface area contributed by atoms with E-state index in [0.29, 0.717) is 24.9 Å². The topological polar surface area (TPSA) is 52.7 Å². The molecule has 2 amide bonds. The Morgan fingerprint density at radius 3 is 2.57 bits per heavy atom. The van der Waals surface area contributed by atoms with Gasteiger partial charge in [-0.15, -0.1) is 0 Å². The lowest BCUT2D eigenvalue weighted by molar-refractivity contribution is -0.132. The zero-order valence-electron chi connectivity index (χ0n) is 16.0. The second-order valence-corrected chi connectivity index (χ2v) is 7.65. The number of nitrogens with zero attached hydrogens (tertiary/aromatic N) is 2. The highest BCUT2D eigenvalue weighted by molar-refractivity contribution is 7.08. The van der Waals surface area contributed by atoms with Crippen molar-refractivity contribution in [3.63, 3.8) is 0 Å². The van der Waals surface area contributed by atoms with Crippen molar-refractivity contribution in [1.82, 2.24) is 15.1 Å². The molecule has 0 saturated carbocycles. The maximum absolute atomic E-state index is 12.4. The number of thiophene rings is 1. The summed E-state index contributed by atoms with van der Waals surface area (Å²) >= 11 is 1.50. The SMILES string of the molecule is O=C(NCCCC(=O)N1CCN(C/C=C/c2ccccc2)CC1)c1ccsc1. The average molecular weight is 398 g/mol. The molecule has 1 aliphatic heterocycles. The summed E-state index contributed by atoms with van der Waals surface area (Å²) < 4.78 is 0. The molecule has 1 fully saturated rings. The molecule has 2 heterocycles. The van der Waals surface area contributed by atoms with Crippen molar-refractivity contribution in [1.29, 1.82) is 0 Å². The number of hydrogen-bond donors (Lipinski definition) is 1. The highest BCUT2D eigenvalue weighted by atomic mass is 32.1. The van der Waals surface area contributed by atoms with Gasteiger partial charge >= 0.3 is 0 Å². The number of piperazine rings is 1. The lowest BCUT2D eigenvalue weighted by Gasteiger charge is -2.34. The van der Waals surface area contributed by atoms with Crippen LogP contribution in [0.25, 0.3) is 6.08 Å². The smallest absolute Gasteiger partial charge is 0.252 e. The number of nitrogens with one attached hydrogen (secondary N) is 1. The van der Waals surface area contributed by atoms with E-state index >= 15 is 0 Å². The summed E-state index contributed by atoms with van der Waals surface area (Å²) in [6.45, 7) is 4.80. The number of rotatable bonds is 8. The standard InChI is InChI=1S/C22H27N3O2S/c26-21(9-4-11-23-22(27)20-10-17-28-18-20)25-15-13-24(14-16-25)12-5-8-19-6-2-1-3-7-19/h1-3,5-8,10,17-18H,4,9,11-16H2,(H,23,27)/b8-5+. The van der Waals surface area contributed by atoms with E-state index in [4.69, 9.17) is 0 Å². The molecule has 0 unspecified atom stereocenters. The van der Waals surface area contributed by atoms with Gasteiger partial charge in [0.15, 0.2) is 0 Å². The van der Waals surface area contributed by atoms with Gasteiger partial charge in [0.25, 0.3) is 5.91 Å². The van der Waals surface area contributed by atoms with E-state index in [9.17, 15) is 9.59 Å². The quantitative estimate of drug-likeness (QED) is 0.697. The number of carbonyl (C=O) groups excluding carboxylic acids is 2. The number of carbonyl (C=O) groups is 2. The van der Waals surface area contributed by atoms with Gasteiger partial charge in [0, 0.05) is 56.6 Å². The molecule has 148 valence electrons. The van der Waals surface area contributed by atoms with Crippen LogP contribution in [-0.4, -0.2) is 60.9 Å². The van der Waals surface area contributed by atoms with Crippen LogP contribution >= 0.6 is 11.3 Å². The summed E-state index contributed by atoms with van der Waals surface area (Å²) in [6, 6.07) is 12.1. The molecule has 0 aliphatic carbocycles. The zero-order chi connectivity index (χ0) is 19.6. The molecule has 1 aliphatic rings. The van der Waals surface area contributed by atoms with Gasteiger partial charge in [-0.1, -0.05) is 42.5 Å². The monoisotopic (exact) mass is 397 g/mol. The van der Waals surface area contributed by atoms with Gasteiger partial charge in [-0.2, -0.15) is 11.3 Å². The fourth-order valence-corrected chi connectivity index (χ4v) is 3.81. The van der Waals surface area contributed by atoms with Gasteiger partial charge in [-0.25, -0.2) is 0 Å². The normalized spacial score (nSPS) is 15.1. The first-order chi connectivity index (χ1) is 13.7. The van der Waals surface area contributed by atoms with Crippen molar-refractivity contribution < 1.29 is 9.59 Å². The molecule has 0 spiro atoms. The van der Waals surface area contributed by atoms with E-state index in [1.807, 2.05) is 33.9 Å². The summed E-state index contributed by atoms with van der Waals surface area (Å²) in [5, 5.41) is 6.58. The maximum Gasteiger partial charge on any atom is 0.252 e. The van der Waals surface area contributed by atoms with Crippen molar-refractivity contribution in [2.45, 2.75) is 12.8 Å². The summed E-state index contributed by atoms with van der Waals surface area (Å²) in [5.74, 6) is 0.120. The summed E-state index contributed by atoms with van der Waals surface area (Å²) in [4.78, 5) is 28.5. The van der Waals surface area contributed by atoms with Gasteiger partial charge in [-0.3, -0.25) is 14.5 Å². The first-order valence-electron chi connectivity index (χ1n) is 9.74. The third kappa shape index (κ3) is 6.32. The van der Waals surface area contributed by atoms with Gasteiger partial charge < -0.3 is 10.2 Å². The van der Waals surface area contributed by atoms with Crippen LogP contribution in [0.4, 0.5) is 0 Å². The molecule has 1 saturated heterocycles. The van der Waals surface area contributed by atoms with Crippen LogP contribution in [0.2, 0.25) is 0 Å². The van der Waals surface area contributed by atoms with Crippen molar-refractivity contribution in [2.75, 3.05) is 39.3 Å². The second kappa shape index (κ2) is 10.8. The summed E-state index contributed by atoms with van der Waals surface area (Å²) in [6.07, 6.45) is 5.48. The Morgan fingerprint density at radius 1 is 1.07 bits per heavy atom. The van der Waals surface area contributed by atoms with Crippen LogP contribution < -0.4 is 5.32 Å². The van der Waals surface area contributed by atoms with Crippen LogP contribution in [0.3, 0.4) is 0 Å². The van der Waals surface area contributed by atoms with Crippen LogP contribution in [-0.2, 0) is 4.79 Å². The van der Waals surface area contributed by atoms with Crippen LogP contribution in [0, 0.1) is 0 Å². The molecule has 1 aromatic carbocycles. The fraction of sp³-hybridized carbons (Fsp3) is 0.364. The minimum Gasteiger partial charge on any atom is -0.352 e. The van der Waals surface area contributed by atoms with E-state index in [2.05, 4.69) is 34.5 Å². The summed E-state index contributed by atoms with van der Waals surface area (Å²) in [5.41, 5.74) is 1.90. The van der Waals surface area contributed by atoms with Crippen LogP contribution in [0.1, 0.15) is 28.8 Å². The van der Waals surface area contributed by atoms with E-state index in [-0.39, 0.29) is 11.8 Å². The van der Waals surface area contributed by atoms with Gasteiger partial charge in [0.1, 0.15) is 0 Å². The average Bonchev–Trinajstić information content (AvgIpc) is 3.27. The van der Waals surface area contributed by atoms with Gasteiger partial charge in [0.05, 0.1) is 0 Å². The first kappa shape index (κ1) is 20.3. The van der Waals surface area contributed by atoms with Gasteiger partial charge in [0.2, 0.25) is 5.91 Å². The highest BCUT2D eigenvalue weighted by Crippen LogP contribution is 2.08. The summed E-state index contributed by atoms with van der Waals surface area (Å²) in [7, 11) is 0. The lowest BCUT2D eigenvalue weighted by atomic mass is 10.2. The Labute approximate surface area is 170 Å². The molecule has 28 heavy (non-hydrogen) atoms. The predicted molar refractivity (Wildman–Crippen MR) is 114 cm³/mol. The number of benzene rings is 1. The minimum absolute atomic E-state index is 0.0640. The first-order valence-corrected chi connectivity index (χ1v) is 10.7. The predicted octanol–water partition coefficient (Wildman–Crippen LogP) is 3.12. The van der Waals surface area contributed by atoms with Crippen LogP contribution in [0.5, 0.6) is 0 Å². The second-order valence-electron chi connectivity index (χ2n) is 6.87. The highest BCUT2D eigenvalue weighted by Gasteiger charge is 2.19. The molecular weight excluding hydrogens is 370 g/mol. The van der Waals surface area contributed by atoms with Crippen LogP contribution in [0.15, 0.2) is 53.2 Å². The Hall–Kier alpha value is -2.44. The van der Waals surface area contributed by atoms with Crippen molar-refractivity contribution in [3.05, 3.63) is 64.4 Å². The Morgan fingerprint density at radius 2 is 1.86 bits per heavy atom. The van der Waals surface area contributed by atoms with E-state index in [1.165, 1.54) is 16.9 Å². The third-order valence-corrected chi connectivity index (χ3v) is 5.52. The molecule has 2 aromatic rings. The molecule has 1 aromatic heterocycles. The molecule has 1 N–H and O–H groups in total. The number of hydrogen-bond acceptors (Lipinski definition) is 4. The third-order valence-electron chi connectivity index (χ3n) is 4.83. The zero-order valence-corrected chi connectivity index (χ0v) is 16.9. The lowest BCUT2D eigenvalue weighted by Crippen LogP contribution is -2.48. The molecule has 3 rings (SSSR count). The van der Waals surface area contributed by atoms with E-state index in [1.54, 1.807) is 6.07 Å². The van der Waals surface area contributed by atoms with Gasteiger partial charge in [-0.05, 0) is 23.4 Å². The molecular formula is C22H27N3O2S. The Bertz CT molecular complexity index is 766. The van der Waals surface area contributed by atoms with Crippen molar-refractivity contribution in [3.8, 4) is 0 Å².